The Morgan fingerprint density at radius 3 is 2.70 bits per heavy atom. The highest BCUT2D eigenvalue weighted by atomic mass is 16.5. The molecule has 1 aromatic carbocycles. The number of aromatic nitrogens is 1. The SMILES string of the molecule is CC(C)OC(=O)c1cccc(Cc2ccccn2)c1N. The molecule has 2 aromatic rings. The summed E-state index contributed by atoms with van der Waals surface area (Å²) in [5.74, 6) is -0.389. The molecule has 0 spiro atoms. The van der Waals surface area contributed by atoms with Gasteiger partial charge >= 0.3 is 5.97 Å². The minimum absolute atomic E-state index is 0.165. The molecule has 4 nitrogen and oxygen atoms in total. The lowest BCUT2D eigenvalue weighted by Gasteiger charge is -2.12. The number of anilines is 1. The van der Waals surface area contributed by atoms with Crippen molar-refractivity contribution >= 4 is 11.7 Å². The van der Waals surface area contributed by atoms with Gasteiger partial charge in [0, 0.05) is 24.0 Å². The number of nitrogens with zero attached hydrogens (tertiary/aromatic N) is 1. The minimum Gasteiger partial charge on any atom is -0.459 e. The van der Waals surface area contributed by atoms with Crippen LogP contribution in [-0.2, 0) is 11.2 Å². The molecule has 2 N–H and O–H groups in total. The lowest BCUT2D eigenvalue weighted by atomic mass is 10.0. The van der Waals surface area contributed by atoms with Gasteiger partial charge in [0.2, 0.25) is 0 Å². The van der Waals surface area contributed by atoms with Crippen molar-refractivity contribution in [3.05, 3.63) is 59.4 Å². The summed E-state index contributed by atoms with van der Waals surface area (Å²) >= 11 is 0. The molecule has 1 heterocycles. The predicted molar refractivity (Wildman–Crippen MR) is 78.4 cm³/mol. The zero-order valence-electron chi connectivity index (χ0n) is 11.7. The number of nitrogens with two attached hydrogens (primary N) is 1. The zero-order valence-corrected chi connectivity index (χ0v) is 11.7. The van der Waals surface area contributed by atoms with E-state index in [9.17, 15) is 4.79 Å². The number of carbonyl (C=O) groups is 1. The average molecular weight is 270 g/mol. The van der Waals surface area contributed by atoms with Crippen LogP contribution in [0.1, 0.15) is 35.5 Å². The lowest BCUT2D eigenvalue weighted by Crippen LogP contribution is -2.14. The fraction of sp³-hybridized carbons (Fsp3) is 0.250. The van der Waals surface area contributed by atoms with E-state index < -0.39 is 0 Å². The predicted octanol–water partition coefficient (Wildman–Crippen LogP) is 2.82. The monoisotopic (exact) mass is 270 g/mol. The molecule has 1 aromatic heterocycles. The van der Waals surface area contributed by atoms with Crippen LogP contribution in [0.4, 0.5) is 5.69 Å². The minimum atomic E-state index is -0.389. The first kappa shape index (κ1) is 14.1. The molecule has 20 heavy (non-hydrogen) atoms. The van der Waals surface area contributed by atoms with Gasteiger partial charge in [-0.2, -0.15) is 0 Å². The van der Waals surface area contributed by atoms with Crippen molar-refractivity contribution in [1.82, 2.24) is 4.98 Å². The number of pyridine rings is 1. The van der Waals surface area contributed by atoms with Crippen molar-refractivity contribution in [2.24, 2.45) is 0 Å². The Bertz CT molecular complexity index is 595. The fourth-order valence-corrected chi connectivity index (χ4v) is 1.92. The van der Waals surface area contributed by atoms with Gasteiger partial charge in [-0.15, -0.1) is 0 Å². The molecule has 0 aliphatic rings. The molecule has 0 aliphatic heterocycles. The summed E-state index contributed by atoms with van der Waals surface area (Å²) in [6, 6.07) is 11.1. The average Bonchev–Trinajstić information content (AvgIpc) is 2.41. The van der Waals surface area contributed by atoms with Crippen LogP contribution in [0.5, 0.6) is 0 Å². The van der Waals surface area contributed by atoms with Gasteiger partial charge in [-0.3, -0.25) is 4.98 Å². The molecular formula is C16H18N2O2. The maximum atomic E-state index is 12.0. The largest absolute Gasteiger partial charge is 0.459 e. The van der Waals surface area contributed by atoms with Crippen molar-refractivity contribution < 1.29 is 9.53 Å². The topological polar surface area (TPSA) is 65.2 Å². The van der Waals surface area contributed by atoms with E-state index >= 15 is 0 Å². The standard InChI is InChI=1S/C16H18N2O2/c1-11(2)20-16(19)14-8-5-6-12(15(14)17)10-13-7-3-4-9-18-13/h3-9,11H,10,17H2,1-2H3. The molecule has 0 saturated carbocycles. The van der Waals surface area contributed by atoms with Crippen molar-refractivity contribution in [2.75, 3.05) is 5.73 Å². The molecule has 0 unspecified atom stereocenters. The third kappa shape index (κ3) is 3.35. The molecule has 104 valence electrons. The summed E-state index contributed by atoms with van der Waals surface area (Å²) < 4.78 is 5.19. The Morgan fingerprint density at radius 1 is 1.25 bits per heavy atom. The van der Waals surface area contributed by atoms with Gasteiger partial charge in [0.05, 0.1) is 11.7 Å². The second-order valence-electron chi connectivity index (χ2n) is 4.83. The van der Waals surface area contributed by atoms with Crippen molar-refractivity contribution in [3.63, 3.8) is 0 Å². The van der Waals surface area contributed by atoms with Crippen LogP contribution in [0, 0.1) is 0 Å². The highest BCUT2D eigenvalue weighted by molar-refractivity contribution is 5.96. The molecule has 2 rings (SSSR count). The lowest BCUT2D eigenvalue weighted by molar-refractivity contribution is 0.0379. The van der Waals surface area contributed by atoms with Crippen LogP contribution in [-0.4, -0.2) is 17.1 Å². The number of ether oxygens (including phenoxy) is 1. The Balaban J connectivity index is 2.26. The van der Waals surface area contributed by atoms with Crippen LogP contribution in [0.3, 0.4) is 0 Å². The van der Waals surface area contributed by atoms with Crippen LogP contribution < -0.4 is 5.73 Å². The number of nitrogen functional groups attached to an aromatic ring is 1. The fourth-order valence-electron chi connectivity index (χ4n) is 1.92. The Labute approximate surface area is 118 Å². The van der Waals surface area contributed by atoms with Gasteiger partial charge in [-0.1, -0.05) is 18.2 Å². The second-order valence-corrected chi connectivity index (χ2v) is 4.83. The van der Waals surface area contributed by atoms with E-state index in [1.807, 2.05) is 44.2 Å². The number of hydrogen-bond donors (Lipinski definition) is 1. The normalized spacial score (nSPS) is 10.6. The first-order valence-corrected chi connectivity index (χ1v) is 6.56. The molecule has 4 heteroatoms. The van der Waals surface area contributed by atoms with E-state index in [0.717, 1.165) is 11.3 Å². The second kappa shape index (κ2) is 6.19. The molecule has 0 bridgehead atoms. The molecule has 0 radical (unpaired) electrons. The quantitative estimate of drug-likeness (QED) is 0.685. The van der Waals surface area contributed by atoms with E-state index in [2.05, 4.69) is 4.98 Å². The molecule has 0 amide bonds. The Morgan fingerprint density at radius 2 is 2.05 bits per heavy atom. The smallest absolute Gasteiger partial charge is 0.340 e. The number of para-hydroxylation sites is 1. The summed E-state index contributed by atoms with van der Waals surface area (Å²) in [6.07, 6.45) is 2.17. The van der Waals surface area contributed by atoms with E-state index in [-0.39, 0.29) is 12.1 Å². The van der Waals surface area contributed by atoms with Gasteiger partial charge in [0.15, 0.2) is 0 Å². The third-order valence-corrected chi connectivity index (χ3v) is 2.86. The highest BCUT2D eigenvalue weighted by Gasteiger charge is 2.15. The molecule has 0 atom stereocenters. The maximum absolute atomic E-state index is 12.0. The van der Waals surface area contributed by atoms with Crippen molar-refractivity contribution in [2.45, 2.75) is 26.4 Å². The highest BCUT2D eigenvalue weighted by Crippen LogP contribution is 2.21. The van der Waals surface area contributed by atoms with Crippen molar-refractivity contribution in [3.8, 4) is 0 Å². The molecular weight excluding hydrogens is 252 g/mol. The number of benzene rings is 1. The van der Waals surface area contributed by atoms with Gasteiger partial charge in [0.25, 0.3) is 0 Å². The van der Waals surface area contributed by atoms with E-state index in [1.165, 1.54) is 0 Å². The van der Waals surface area contributed by atoms with Gasteiger partial charge in [-0.25, -0.2) is 4.79 Å². The maximum Gasteiger partial charge on any atom is 0.340 e. The Kier molecular flexibility index (Phi) is 4.35. The first-order valence-electron chi connectivity index (χ1n) is 6.56. The number of hydrogen-bond acceptors (Lipinski definition) is 4. The number of esters is 1. The van der Waals surface area contributed by atoms with Crippen LogP contribution in [0.2, 0.25) is 0 Å². The molecule has 0 fully saturated rings. The van der Waals surface area contributed by atoms with E-state index in [1.54, 1.807) is 12.3 Å². The third-order valence-electron chi connectivity index (χ3n) is 2.86. The van der Waals surface area contributed by atoms with Crippen LogP contribution in [0.15, 0.2) is 42.6 Å². The molecule has 0 saturated heterocycles. The molecule has 0 aliphatic carbocycles. The summed E-state index contributed by atoms with van der Waals surface area (Å²) in [4.78, 5) is 16.2. The van der Waals surface area contributed by atoms with Crippen LogP contribution in [0.25, 0.3) is 0 Å². The number of rotatable bonds is 4. The van der Waals surface area contributed by atoms with E-state index in [4.69, 9.17) is 10.5 Å². The summed E-state index contributed by atoms with van der Waals surface area (Å²) in [5, 5.41) is 0. The summed E-state index contributed by atoms with van der Waals surface area (Å²) in [7, 11) is 0. The van der Waals surface area contributed by atoms with Gasteiger partial charge < -0.3 is 10.5 Å². The van der Waals surface area contributed by atoms with Crippen molar-refractivity contribution in [1.29, 1.82) is 0 Å². The Hall–Kier alpha value is -2.36. The summed E-state index contributed by atoms with van der Waals surface area (Å²) in [6.45, 7) is 3.62. The first-order chi connectivity index (χ1) is 9.58. The number of carbonyl (C=O) groups excluding carboxylic acids is 1. The zero-order chi connectivity index (χ0) is 14.5. The van der Waals surface area contributed by atoms with Crippen LogP contribution >= 0.6 is 0 Å². The van der Waals surface area contributed by atoms with Gasteiger partial charge in [0.1, 0.15) is 0 Å². The van der Waals surface area contributed by atoms with Gasteiger partial charge in [-0.05, 0) is 37.6 Å². The summed E-state index contributed by atoms with van der Waals surface area (Å²) in [5.41, 5.74) is 8.74. The van der Waals surface area contributed by atoms with E-state index in [0.29, 0.717) is 17.7 Å².